The van der Waals surface area contributed by atoms with Crippen LogP contribution in [0.15, 0.2) is 46.2 Å². The van der Waals surface area contributed by atoms with Gasteiger partial charge < -0.3 is 5.32 Å². The fourth-order valence-electron chi connectivity index (χ4n) is 3.18. The minimum absolute atomic E-state index is 0.149. The largest absolute Gasteiger partial charge is 0.301 e. The molecule has 0 radical (unpaired) electrons. The van der Waals surface area contributed by atoms with E-state index in [0.717, 1.165) is 29.0 Å². The zero-order chi connectivity index (χ0) is 20.4. The summed E-state index contributed by atoms with van der Waals surface area (Å²) in [6.45, 7) is 0.302. The molecule has 4 heterocycles. The van der Waals surface area contributed by atoms with Crippen molar-refractivity contribution in [2.45, 2.75) is 29.5 Å². The molecule has 1 saturated heterocycles. The predicted octanol–water partition coefficient (Wildman–Crippen LogP) is 4.10. The van der Waals surface area contributed by atoms with E-state index in [1.807, 2.05) is 17.5 Å². The van der Waals surface area contributed by atoms with Crippen LogP contribution in [0, 0.1) is 0 Å². The summed E-state index contributed by atoms with van der Waals surface area (Å²) in [5.74, 6) is -0.369. The maximum absolute atomic E-state index is 13.0. The summed E-state index contributed by atoms with van der Waals surface area (Å²) in [6.07, 6.45) is 5.32. The van der Waals surface area contributed by atoms with Crippen LogP contribution in [-0.2, 0) is 14.8 Å². The number of halogens is 1. The molecule has 1 atom stereocenters. The molecule has 1 N–H and O–H groups in total. The van der Waals surface area contributed by atoms with Gasteiger partial charge in [0.05, 0.1) is 10.0 Å². The molecule has 29 heavy (non-hydrogen) atoms. The molecular formula is C18H17ClN4O3S3. The second-order valence-corrected chi connectivity index (χ2v) is 11.1. The molecule has 0 spiro atoms. The molecule has 4 rings (SSSR count). The van der Waals surface area contributed by atoms with E-state index in [-0.39, 0.29) is 10.1 Å². The topological polar surface area (TPSA) is 92.3 Å². The molecule has 0 aliphatic carbocycles. The number of carbonyl (C=O) groups is 1. The summed E-state index contributed by atoms with van der Waals surface area (Å²) in [5, 5.41) is 5.06. The van der Waals surface area contributed by atoms with Crippen LogP contribution in [0.5, 0.6) is 0 Å². The minimum atomic E-state index is -3.78. The van der Waals surface area contributed by atoms with Gasteiger partial charge in [0.15, 0.2) is 5.13 Å². The summed E-state index contributed by atoms with van der Waals surface area (Å²) in [6, 6.07) is 5.93. The summed E-state index contributed by atoms with van der Waals surface area (Å²) >= 11 is 8.20. The number of anilines is 1. The van der Waals surface area contributed by atoms with Gasteiger partial charge in [-0.1, -0.05) is 18.0 Å². The molecule has 0 bridgehead atoms. The van der Waals surface area contributed by atoms with Crippen molar-refractivity contribution in [1.82, 2.24) is 14.3 Å². The lowest BCUT2D eigenvalue weighted by atomic mass is 10.0. The Morgan fingerprint density at radius 3 is 2.72 bits per heavy atom. The molecular weight excluding hydrogens is 452 g/mol. The number of thiophene rings is 1. The molecule has 1 unspecified atom stereocenters. The average molecular weight is 469 g/mol. The van der Waals surface area contributed by atoms with Crippen LogP contribution >= 0.6 is 34.3 Å². The first kappa shape index (κ1) is 20.4. The number of amides is 1. The second-order valence-electron chi connectivity index (χ2n) is 6.45. The molecule has 1 amide bonds. The van der Waals surface area contributed by atoms with Crippen molar-refractivity contribution in [3.8, 4) is 11.3 Å². The zero-order valence-electron chi connectivity index (χ0n) is 15.1. The number of hydrogen-bond acceptors (Lipinski definition) is 7. The molecule has 3 aromatic heterocycles. The smallest absolute Gasteiger partial charge is 0.253 e. The number of carbonyl (C=O) groups excluding carboxylic acids is 1. The van der Waals surface area contributed by atoms with Gasteiger partial charge in [-0.2, -0.15) is 4.31 Å². The van der Waals surface area contributed by atoms with Crippen LogP contribution in [0.4, 0.5) is 5.13 Å². The van der Waals surface area contributed by atoms with Crippen molar-refractivity contribution in [2.24, 2.45) is 0 Å². The normalized spacial score (nSPS) is 17.9. The van der Waals surface area contributed by atoms with Gasteiger partial charge in [0.2, 0.25) is 5.91 Å². The van der Waals surface area contributed by atoms with E-state index in [1.54, 1.807) is 18.5 Å². The van der Waals surface area contributed by atoms with Crippen molar-refractivity contribution < 1.29 is 13.2 Å². The first-order chi connectivity index (χ1) is 13.9. The highest BCUT2D eigenvalue weighted by Gasteiger charge is 2.38. The van der Waals surface area contributed by atoms with Gasteiger partial charge in [0.25, 0.3) is 10.0 Å². The summed E-state index contributed by atoms with van der Waals surface area (Å²) in [4.78, 5) is 21.3. The Bertz CT molecular complexity index is 1110. The van der Waals surface area contributed by atoms with E-state index >= 15 is 0 Å². The van der Waals surface area contributed by atoms with Gasteiger partial charge >= 0.3 is 0 Å². The minimum Gasteiger partial charge on any atom is -0.301 e. The molecule has 3 aromatic rings. The quantitative estimate of drug-likeness (QED) is 0.608. The molecule has 0 saturated carbocycles. The van der Waals surface area contributed by atoms with E-state index in [2.05, 4.69) is 15.3 Å². The molecule has 7 nitrogen and oxygen atoms in total. The number of nitrogens with zero attached hydrogens (tertiary/aromatic N) is 3. The SMILES string of the molecule is O=C(Nc1nc(-c2ccncc2)cs1)C1CCCCN1S(=O)(=O)c1ccc(Cl)s1. The number of thiazole rings is 1. The molecule has 1 aliphatic rings. The third kappa shape index (κ3) is 4.36. The number of hydrogen-bond donors (Lipinski definition) is 1. The van der Waals surface area contributed by atoms with Crippen molar-refractivity contribution >= 4 is 55.3 Å². The Hall–Kier alpha value is -1.85. The van der Waals surface area contributed by atoms with E-state index < -0.39 is 16.1 Å². The maximum atomic E-state index is 13.0. The molecule has 0 aromatic carbocycles. The van der Waals surface area contributed by atoms with E-state index in [0.29, 0.717) is 28.9 Å². The number of piperidine rings is 1. The average Bonchev–Trinajstić information content (AvgIpc) is 3.38. The highest BCUT2D eigenvalue weighted by atomic mass is 35.5. The van der Waals surface area contributed by atoms with E-state index in [9.17, 15) is 13.2 Å². The number of pyridine rings is 1. The van der Waals surface area contributed by atoms with Gasteiger partial charge in [-0.05, 0) is 37.1 Å². The highest BCUT2D eigenvalue weighted by Crippen LogP contribution is 2.32. The molecule has 1 fully saturated rings. The third-order valence-electron chi connectivity index (χ3n) is 4.58. The number of aromatic nitrogens is 2. The van der Waals surface area contributed by atoms with Crippen LogP contribution < -0.4 is 5.32 Å². The fraction of sp³-hybridized carbons (Fsp3) is 0.278. The second kappa shape index (κ2) is 8.49. The Morgan fingerprint density at radius 1 is 1.21 bits per heavy atom. The molecule has 1 aliphatic heterocycles. The third-order valence-corrected chi connectivity index (χ3v) is 8.94. The monoisotopic (exact) mass is 468 g/mol. The van der Waals surface area contributed by atoms with Crippen molar-refractivity contribution in [3.63, 3.8) is 0 Å². The zero-order valence-corrected chi connectivity index (χ0v) is 18.3. The van der Waals surface area contributed by atoms with E-state index in [1.165, 1.54) is 21.7 Å². The summed E-state index contributed by atoms with van der Waals surface area (Å²) < 4.78 is 27.9. The Kier molecular flexibility index (Phi) is 5.98. The lowest BCUT2D eigenvalue weighted by Gasteiger charge is -2.32. The lowest BCUT2D eigenvalue weighted by Crippen LogP contribution is -2.49. The van der Waals surface area contributed by atoms with Crippen LogP contribution in [0.25, 0.3) is 11.3 Å². The van der Waals surface area contributed by atoms with Gasteiger partial charge in [-0.15, -0.1) is 22.7 Å². The van der Waals surface area contributed by atoms with Gasteiger partial charge in [-0.25, -0.2) is 13.4 Å². The Morgan fingerprint density at radius 2 is 2.00 bits per heavy atom. The number of nitrogens with one attached hydrogen (secondary N) is 1. The highest BCUT2D eigenvalue weighted by molar-refractivity contribution is 7.91. The van der Waals surface area contributed by atoms with Gasteiger partial charge in [0.1, 0.15) is 10.3 Å². The predicted molar refractivity (Wildman–Crippen MR) is 115 cm³/mol. The lowest BCUT2D eigenvalue weighted by molar-refractivity contribution is -0.120. The number of sulfonamides is 1. The first-order valence-electron chi connectivity index (χ1n) is 8.89. The Labute approximate surface area is 181 Å². The summed E-state index contributed by atoms with van der Waals surface area (Å²) in [7, 11) is -3.78. The van der Waals surface area contributed by atoms with Crippen molar-refractivity contribution in [1.29, 1.82) is 0 Å². The summed E-state index contributed by atoms with van der Waals surface area (Å²) in [5.41, 5.74) is 1.63. The molecule has 152 valence electrons. The van der Waals surface area contributed by atoms with Crippen LogP contribution in [0.2, 0.25) is 4.34 Å². The van der Waals surface area contributed by atoms with E-state index in [4.69, 9.17) is 11.6 Å². The van der Waals surface area contributed by atoms with Gasteiger partial charge in [0, 0.05) is 29.9 Å². The van der Waals surface area contributed by atoms with Gasteiger partial charge in [-0.3, -0.25) is 9.78 Å². The number of rotatable bonds is 5. The standard InChI is InChI=1S/C18H17ClN4O3S3/c19-15-4-5-16(28-15)29(25,26)23-10-2-1-3-14(23)17(24)22-18-21-13(11-27-18)12-6-8-20-9-7-12/h4-9,11,14H,1-3,10H2,(H,21,22,24). The Balaban J connectivity index is 1.53. The van der Waals surface area contributed by atoms with Crippen molar-refractivity contribution in [3.05, 3.63) is 46.4 Å². The van der Waals surface area contributed by atoms with Crippen molar-refractivity contribution in [2.75, 3.05) is 11.9 Å². The van der Waals surface area contributed by atoms with Crippen LogP contribution in [0.3, 0.4) is 0 Å². The van der Waals surface area contributed by atoms with Crippen LogP contribution in [0.1, 0.15) is 19.3 Å². The fourth-order valence-corrected chi connectivity index (χ4v) is 7.17. The first-order valence-corrected chi connectivity index (χ1v) is 12.4. The molecule has 11 heteroatoms. The maximum Gasteiger partial charge on any atom is 0.253 e. The van der Waals surface area contributed by atoms with Crippen LogP contribution in [-0.4, -0.2) is 41.2 Å².